The summed E-state index contributed by atoms with van der Waals surface area (Å²) in [6.07, 6.45) is 3.44. The Labute approximate surface area is 133 Å². The second-order valence-corrected chi connectivity index (χ2v) is 6.62. The van der Waals surface area contributed by atoms with Crippen molar-refractivity contribution >= 4 is 6.09 Å². The number of aromatic nitrogens is 2. The van der Waals surface area contributed by atoms with Crippen LogP contribution in [-0.4, -0.2) is 45.3 Å². The van der Waals surface area contributed by atoms with Crippen molar-refractivity contribution in [1.29, 1.82) is 0 Å². The predicted octanol–water partition coefficient (Wildman–Crippen LogP) is 2.64. The number of hydrogen-bond donors (Lipinski definition) is 1. The molecule has 6 heteroatoms. The molecule has 1 aromatic rings. The average Bonchev–Trinajstić information content (AvgIpc) is 2.83. The molecule has 0 aliphatic carbocycles. The topological polar surface area (TPSA) is 59.4 Å². The maximum atomic E-state index is 12.2. The molecule has 0 saturated carbocycles. The van der Waals surface area contributed by atoms with Gasteiger partial charge in [-0.1, -0.05) is 0 Å². The van der Waals surface area contributed by atoms with Crippen molar-refractivity contribution in [3.05, 3.63) is 18.2 Å². The fraction of sp³-hybridized carbons (Fsp3) is 0.750. The summed E-state index contributed by atoms with van der Waals surface area (Å²) in [7, 11) is 0. The minimum absolute atomic E-state index is 0.109. The largest absolute Gasteiger partial charge is 0.444 e. The van der Waals surface area contributed by atoms with Crippen LogP contribution in [-0.2, 0) is 17.8 Å². The van der Waals surface area contributed by atoms with Crippen LogP contribution in [0.3, 0.4) is 0 Å². The summed E-state index contributed by atoms with van der Waals surface area (Å²) >= 11 is 0. The van der Waals surface area contributed by atoms with Crippen LogP contribution >= 0.6 is 0 Å². The second-order valence-electron chi connectivity index (χ2n) is 6.62. The fourth-order valence-electron chi connectivity index (χ4n) is 2.08. The predicted molar refractivity (Wildman–Crippen MR) is 87.7 cm³/mol. The number of nitrogens with zero attached hydrogens (tertiary/aromatic N) is 3. The number of imidazole rings is 1. The van der Waals surface area contributed by atoms with Crippen LogP contribution in [0.5, 0.6) is 0 Å². The number of carbonyl (C=O) groups excluding carboxylic acids is 1. The molecule has 1 amide bonds. The van der Waals surface area contributed by atoms with Gasteiger partial charge in [-0.3, -0.25) is 0 Å². The number of carbonyl (C=O) groups is 1. The molecule has 0 unspecified atom stereocenters. The third-order valence-electron chi connectivity index (χ3n) is 3.23. The molecule has 126 valence electrons. The molecular formula is C16H30N4O2. The molecule has 0 radical (unpaired) electrons. The van der Waals surface area contributed by atoms with Crippen molar-refractivity contribution in [3.8, 4) is 0 Å². The van der Waals surface area contributed by atoms with Crippen LogP contribution in [0.15, 0.2) is 12.5 Å². The lowest BCUT2D eigenvalue weighted by atomic mass is 10.2. The Morgan fingerprint density at radius 2 is 2.14 bits per heavy atom. The van der Waals surface area contributed by atoms with E-state index in [9.17, 15) is 4.79 Å². The molecule has 0 spiro atoms. The molecular weight excluding hydrogens is 280 g/mol. The van der Waals surface area contributed by atoms with E-state index in [0.29, 0.717) is 13.1 Å². The van der Waals surface area contributed by atoms with E-state index in [4.69, 9.17) is 4.74 Å². The zero-order valence-corrected chi connectivity index (χ0v) is 14.7. The standard InChI is InChI=1S/C16H30N4O2/c1-7-19-12-18-11-14(19)10-17-8-9-20(13(2)3)15(21)22-16(4,5)6/h11-13,17H,7-10H2,1-6H3. The molecule has 0 aromatic carbocycles. The Balaban J connectivity index is 2.43. The average molecular weight is 310 g/mol. The van der Waals surface area contributed by atoms with Gasteiger partial charge >= 0.3 is 6.09 Å². The molecule has 0 saturated heterocycles. The van der Waals surface area contributed by atoms with Crippen molar-refractivity contribution in [1.82, 2.24) is 19.8 Å². The zero-order chi connectivity index (χ0) is 16.8. The highest BCUT2D eigenvalue weighted by molar-refractivity contribution is 5.68. The monoisotopic (exact) mass is 310 g/mol. The molecule has 6 nitrogen and oxygen atoms in total. The molecule has 0 bridgehead atoms. The van der Waals surface area contributed by atoms with Crippen LogP contribution in [0.2, 0.25) is 0 Å². The smallest absolute Gasteiger partial charge is 0.410 e. The maximum Gasteiger partial charge on any atom is 0.410 e. The number of ether oxygens (including phenoxy) is 1. The minimum Gasteiger partial charge on any atom is -0.444 e. The van der Waals surface area contributed by atoms with Crippen molar-refractivity contribution in [2.24, 2.45) is 0 Å². The first-order valence-electron chi connectivity index (χ1n) is 7.94. The quantitative estimate of drug-likeness (QED) is 0.787. The Morgan fingerprint density at radius 1 is 1.45 bits per heavy atom. The van der Waals surface area contributed by atoms with Gasteiger partial charge in [-0.25, -0.2) is 9.78 Å². The van der Waals surface area contributed by atoms with Crippen LogP contribution in [0.1, 0.15) is 47.2 Å². The highest BCUT2D eigenvalue weighted by atomic mass is 16.6. The molecule has 0 aliphatic rings. The maximum absolute atomic E-state index is 12.2. The summed E-state index contributed by atoms with van der Waals surface area (Å²) in [6, 6.07) is 0.109. The molecule has 1 rings (SSSR count). The molecule has 1 heterocycles. The van der Waals surface area contributed by atoms with Gasteiger partial charge in [-0.15, -0.1) is 0 Å². The van der Waals surface area contributed by atoms with Gasteiger partial charge in [0, 0.05) is 38.4 Å². The van der Waals surface area contributed by atoms with E-state index >= 15 is 0 Å². The van der Waals surface area contributed by atoms with Gasteiger partial charge in [0.05, 0.1) is 12.0 Å². The van der Waals surface area contributed by atoms with Gasteiger partial charge in [0.2, 0.25) is 0 Å². The molecule has 0 fully saturated rings. The SMILES string of the molecule is CCn1cncc1CNCCN(C(=O)OC(C)(C)C)C(C)C. The third-order valence-corrected chi connectivity index (χ3v) is 3.23. The Bertz CT molecular complexity index is 463. The molecule has 22 heavy (non-hydrogen) atoms. The Morgan fingerprint density at radius 3 is 2.68 bits per heavy atom. The van der Waals surface area contributed by atoms with Crippen LogP contribution in [0.4, 0.5) is 4.79 Å². The number of rotatable bonds is 7. The zero-order valence-electron chi connectivity index (χ0n) is 14.7. The number of amides is 1. The Hall–Kier alpha value is -1.56. The van der Waals surface area contributed by atoms with E-state index in [-0.39, 0.29) is 12.1 Å². The first-order valence-corrected chi connectivity index (χ1v) is 7.94. The fourth-order valence-corrected chi connectivity index (χ4v) is 2.08. The van der Waals surface area contributed by atoms with Gasteiger partial charge in [-0.05, 0) is 41.5 Å². The van der Waals surface area contributed by atoms with Crippen molar-refractivity contribution in [2.45, 2.75) is 66.3 Å². The van der Waals surface area contributed by atoms with Crippen LogP contribution < -0.4 is 5.32 Å². The molecule has 0 atom stereocenters. The van der Waals surface area contributed by atoms with Crippen LogP contribution in [0, 0.1) is 0 Å². The van der Waals surface area contributed by atoms with Gasteiger partial charge in [-0.2, -0.15) is 0 Å². The summed E-state index contributed by atoms with van der Waals surface area (Å²) in [5, 5.41) is 3.36. The van der Waals surface area contributed by atoms with E-state index in [1.54, 1.807) is 4.90 Å². The first-order chi connectivity index (χ1) is 10.2. The summed E-state index contributed by atoms with van der Waals surface area (Å²) in [6.45, 7) is 14.7. The van der Waals surface area contributed by atoms with Crippen molar-refractivity contribution < 1.29 is 9.53 Å². The van der Waals surface area contributed by atoms with E-state index in [2.05, 4.69) is 21.8 Å². The lowest BCUT2D eigenvalue weighted by Gasteiger charge is -2.30. The third kappa shape index (κ3) is 6.05. The van der Waals surface area contributed by atoms with E-state index in [1.165, 1.54) is 0 Å². The minimum atomic E-state index is -0.467. The first kappa shape index (κ1) is 18.5. The van der Waals surface area contributed by atoms with Crippen molar-refractivity contribution in [3.63, 3.8) is 0 Å². The van der Waals surface area contributed by atoms with E-state index < -0.39 is 5.60 Å². The normalized spacial score (nSPS) is 11.8. The number of hydrogen-bond acceptors (Lipinski definition) is 4. The number of nitrogens with one attached hydrogen (secondary N) is 1. The molecule has 1 N–H and O–H groups in total. The summed E-state index contributed by atoms with van der Waals surface area (Å²) < 4.78 is 7.54. The molecule has 1 aromatic heterocycles. The van der Waals surface area contributed by atoms with E-state index in [1.807, 2.05) is 47.1 Å². The van der Waals surface area contributed by atoms with Gasteiger partial charge < -0.3 is 19.5 Å². The van der Waals surface area contributed by atoms with Crippen LogP contribution in [0.25, 0.3) is 0 Å². The lowest BCUT2D eigenvalue weighted by Crippen LogP contribution is -2.44. The Kier molecular flexibility index (Phi) is 6.87. The van der Waals surface area contributed by atoms with Crippen molar-refractivity contribution in [2.75, 3.05) is 13.1 Å². The summed E-state index contributed by atoms with van der Waals surface area (Å²) in [4.78, 5) is 18.1. The summed E-state index contributed by atoms with van der Waals surface area (Å²) in [5.74, 6) is 0. The highest BCUT2D eigenvalue weighted by Crippen LogP contribution is 2.11. The lowest BCUT2D eigenvalue weighted by molar-refractivity contribution is 0.0193. The van der Waals surface area contributed by atoms with Gasteiger partial charge in [0.15, 0.2) is 0 Å². The molecule has 0 aliphatic heterocycles. The second kappa shape index (κ2) is 8.17. The van der Waals surface area contributed by atoms with Gasteiger partial charge in [0.25, 0.3) is 0 Å². The highest BCUT2D eigenvalue weighted by Gasteiger charge is 2.23. The summed E-state index contributed by atoms with van der Waals surface area (Å²) in [5.41, 5.74) is 0.682. The number of aryl methyl sites for hydroxylation is 1. The van der Waals surface area contributed by atoms with E-state index in [0.717, 1.165) is 18.8 Å². The van der Waals surface area contributed by atoms with Gasteiger partial charge in [0.1, 0.15) is 5.60 Å².